The Morgan fingerprint density at radius 2 is 2.00 bits per heavy atom. The van der Waals surface area contributed by atoms with E-state index >= 15 is 0 Å². The van der Waals surface area contributed by atoms with E-state index in [0.29, 0.717) is 29.7 Å². The van der Waals surface area contributed by atoms with Gasteiger partial charge < -0.3 is 9.30 Å². The first kappa shape index (κ1) is 18.8. The van der Waals surface area contributed by atoms with Gasteiger partial charge >= 0.3 is 0 Å². The summed E-state index contributed by atoms with van der Waals surface area (Å²) in [7, 11) is 0. The average molecular weight is 408 g/mol. The van der Waals surface area contributed by atoms with E-state index < -0.39 is 5.91 Å². The van der Waals surface area contributed by atoms with Crippen LogP contribution in [0.15, 0.2) is 64.9 Å². The van der Waals surface area contributed by atoms with Gasteiger partial charge in [-0.25, -0.2) is 5.48 Å². The van der Waals surface area contributed by atoms with E-state index in [1.54, 1.807) is 29.9 Å². The maximum Gasteiger partial charge on any atom is 0.274 e. The largest absolute Gasteiger partial charge is 0.492 e. The second kappa shape index (κ2) is 8.21. The highest BCUT2D eigenvalue weighted by Crippen LogP contribution is 2.21. The van der Waals surface area contributed by atoms with Crippen molar-refractivity contribution in [2.75, 3.05) is 6.61 Å². The van der Waals surface area contributed by atoms with Gasteiger partial charge in [-0.05, 0) is 59.4 Å². The number of pyridine rings is 1. The first-order valence-electron chi connectivity index (χ1n) is 8.73. The van der Waals surface area contributed by atoms with Gasteiger partial charge in [0.2, 0.25) is 0 Å². The summed E-state index contributed by atoms with van der Waals surface area (Å²) in [6.07, 6.45) is 1.69. The van der Waals surface area contributed by atoms with Crippen LogP contribution in [0.2, 0.25) is 0 Å². The lowest BCUT2D eigenvalue weighted by molar-refractivity contribution is 0.0706. The molecule has 0 saturated carbocycles. The second-order valence-corrected chi connectivity index (χ2v) is 6.83. The first-order valence-corrected chi connectivity index (χ1v) is 9.57. The van der Waals surface area contributed by atoms with Gasteiger partial charge in [0.05, 0.1) is 6.54 Å². The molecule has 0 aliphatic rings. The van der Waals surface area contributed by atoms with Crippen LogP contribution in [0.25, 0.3) is 22.0 Å². The molecule has 0 spiro atoms. The molecule has 0 radical (unpaired) electrons. The summed E-state index contributed by atoms with van der Waals surface area (Å²) < 4.78 is 11.1. The van der Waals surface area contributed by atoms with Crippen molar-refractivity contribution >= 4 is 28.2 Å². The van der Waals surface area contributed by atoms with E-state index in [9.17, 15) is 9.59 Å². The van der Waals surface area contributed by atoms with Gasteiger partial charge in [0.25, 0.3) is 11.5 Å². The van der Waals surface area contributed by atoms with Crippen molar-refractivity contribution in [1.82, 2.24) is 19.6 Å². The number of rotatable bonds is 6. The van der Waals surface area contributed by atoms with Crippen LogP contribution in [-0.4, -0.2) is 31.9 Å². The zero-order chi connectivity index (χ0) is 20.2. The smallest absolute Gasteiger partial charge is 0.274 e. The Kier molecular flexibility index (Phi) is 5.32. The van der Waals surface area contributed by atoms with Gasteiger partial charge in [-0.1, -0.05) is 10.6 Å². The first-order chi connectivity index (χ1) is 14.2. The lowest BCUT2D eigenvalue weighted by Crippen LogP contribution is -2.23. The van der Waals surface area contributed by atoms with Gasteiger partial charge in [-0.15, -0.1) is 5.10 Å². The van der Waals surface area contributed by atoms with E-state index in [1.807, 2.05) is 29.6 Å². The predicted molar refractivity (Wildman–Crippen MR) is 108 cm³/mol. The Labute approximate surface area is 169 Å². The molecule has 0 unspecified atom stereocenters. The third-order valence-corrected chi connectivity index (χ3v) is 4.96. The molecular formula is C20H16N4O4S. The number of benzene rings is 2. The number of hydroxylamine groups is 1. The SMILES string of the molecule is O=C(NO)c1ccc2ccn(CCOc3ccc(-c4csnn4)cc3)c(=O)c2c1. The zero-order valence-corrected chi connectivity index (χ0v) is 15.9. The summed E-state index contributed by atoms with van der Waals surface area (Å²) in [6, 6.07) is 14.0. The van der Waals surface area contributed by atoms with Crippen LogP contribution < -0.4 is 15.8 Å². The Morgan fingerprint density at radius 3 is 2.72 bits per heavy atom. The number of aromatic nitrogens is 3. The zero-order valence-electron chi connectivity index (χ0n) is 15.1. The number of hydrogen-bond donors (Lipinski definition) is 2. The number of nitrogens with one attached hydrogen (secondary N) is 1. The molecule has 4 aromatic rings. The van der Waals surface area contributed by atoms with Crippen LogP contribution in [0.5, 0.6) is 5.75 Å². The van der Waals surface area contributed by atoms with Gasteiger partial charge in [0.15, 0.2) is 0 Å². The molecule has 2 N–H and O–H groups in total. The van der Waals surface area contributed by atoms with Crippen LogP contribution in [-0.2, 0) is 6.54 Å². The third kappa shape index (κ3) is 4.00. The summed E-state index contributed by atoms with van der Waals surface area (Å²) in [5.74, 6) is 0.0228. The van der Waals surface area contributed by atoms with Crippen LogP contribution in [0.4, 0.5) is 0 Å². The quantitative estimate of drug-likeness (QED) is 0.375. The van der Waals surface area contributed by atoms with Crippen molar-refractivity contribution in [2.24, 2.45) is 0 Å². The molecule has 0 fully saturated rings. The highest BCUT2D eigenvalue weighted by molar-refractivity contribution is 7.03. The molecule has 0 aliphatic heterocycles. The second-order valence-electron chi connectivity index (χ2n) is 6.22. The molecule has 146 valence electrons. The number of nitrogens with zero attached hydrogens (tertiary/aromatic N) is 3. The van der Waals surface area contributed by atoms with Crippen molar-refractivity contribution in [3.05, 3.63) is 76.0 Å². The molecule has 4 rings (SSSR count). The van der Waals surface area contributed by atoms with Crippen LogP contribution in [0, 0.1) is 0 Å². The molecule has 0 bridgehead atoms. The van der Waals surface area contributed by atoms with Crippen molar-refractivity contribution in [2.45, 2.75) is 6.54 Å². The van der Waals surface area contributed by atoms with E-state index in [-0.39, 0.29) is 11.1 Å². The fourth-order valence-corrected chi connectivity index (χ4v) is 3.40. The minimum atomic E-state index is -0.665. The number of fused-ring (bicyclic) bond motifs is 1. The van der Waals surface area contributed by atoms with Gasteiger partial charge in [-0.3, -0.25) is 14.8 Å². The topological polar surface area (TPSA) is 106 Å². The molecule has 2 heterocycles. The summed E-state index contributed by atoms with van der Waals surface area (Å²) in [4.78, 5) is 24.3. The highest BCUT2D eigenvalue weighted by Gasteiger charge is 2.09. The van der Waals surface area contributed by atoms with E-state index in [1.165, 1.54) is 22.2 Å². The summed E-state index contributed by atoms with van der Waals surface area (Å²) >= 11 is 1.30. The Balaban J connectivity index is 1.46. The van der Waals surface area contributed by atoms with E-state index in [2.05, 4.69) is 9.59 Å². The number of carbonyl (C=O) groups is 1. The predicted octanol–water partition coefficient (Wildman–Crippen LogP) is 2.72. The molecule has 0 saturated heterocycles. The lowest BCUT2D eigenvalue weighted by atomic mass is 10.1. The van der Waals surface area contributed by atoms with Crippen molar-refractivity contribution in [1.29, 1.82) is 0 Å². The maximum atomic E-state index is 12.7. The molecule has 9 heteroatoms. The number of carbonyl (C=O) groups excluding carboxylic acids is 1. The van der Waals surface area contributed by atoms with E-state index in [0.717, 1.165) is 11.3 Å². The van der Waals surface area contributed by atoms with Crippen molar-refractivity contribution < 1.29 is 14.7 Å². The minimum absolute atomic E-state index is 0.210. The fraction of sp³-hybridized carbons (Fsp3) is 0.100. The molecule has 2 aromatic heterocycles. The summed E-state index contributed by atoms with van der Waals surface area (Å²) in [5.41, 5.74) is 3.33. The monoisotopic (exact) mass is 408 g/mol. The Bertz CT molecular complexity index is 1200. The molecule has 8 nitrogen and oxygen atoms in total. The molecule has 1 amide bonds. The summed E-state index contributed by atoms with van der Waals surface area (Å²) in [6.45, 7) is 0.656. The third-order valence-electron chi connectivity index (χ3n) is 4.45. The number of ether oxygens (including phenoxy) is 1. The van der Waals surface area contributed by atoms with Crippen LogP contribution in [0.3, 0.4) is 0 Å². The Hall–Kier alpha value is -3.56. The van der Waals surface area contributed by atoms with Gasteiger partial charge in [0.1, 0.15) is 18.1 Å². The summed E-state index contributed by atoms with van der Waals surface area (Å²) in [5, 5.41) is 15.8. The van der Waals surface area contributed by atoms with Crippen LogP contribution >= 0.6 is 11.5 Å². The van der Waals surface area contributed by atoms with Crippen molar-refractivity contribution in [3.8, 4) is 17.0 Å². The highest BCUT2D eigenvalue weighted by atomic mass is 32.1. The molecular weight excluding hydrogens is 392 g/mol. The lowest BCUT2D eigenvalue weighted by Gasteiger charge is -2.10. The Morgan fingerprint density at radius 1 is 1.17 bits per heavy atom. The van der Waals surface area contributed by atoms with Crippen molar-refractivity contribution in [3.63, 3.8) is 0 Å². The van der Waals surface area contributed by atoms with Gasteiger partial charge in [-0.2, -0.15) is 0 Å². The minimum Gasteiger partial charge on any atom is -0.492 e. The standard InChI is InChI=1S/C20H16N4O4S/c25-19(22-27)15-2-1-13-7-8-24(20(26)17(13)11-15)9-10-28-16-5-3-14(4-6-16)18-12-29-23-21-18/h1-8,11-12,27H,9-10H2,(H,22,25). The fourth-order valence-electron chi connectivity index (χ4n) is 2.94. The normalized spacial score (nSPS) is 10.8. The average Bonchev–Trinajstić information content (AvgIpc) is 3.30. The van der Waals surface area contributed by atoms with Gasteiger partial charge in [0, 0.05) is 28.1 Å². The number of hydrogen-bond acceptors (Lipinski definition) is 7. The molecule has 0 atom stereocenters. The molecule has 2 aromatic carbocycles. The molecule has 0 aliphatic carbocycles. The molecule has 29 heavy (non-hydrogen) atoms. The number of amides is 1. The maximum absolute atomic E-state index is 12.7. The van der Waals surface area contributed by atoms with E-state index in [4.69, 9.17) is 9.94 Å². The van der Waals surface area contributed by atoms with Crippen LogP contribution in [0.1, 0.15) is 10.4 Å².